The maximum absolute atomic E-state index is 12.3. The molecule has 9 nitrogen and oxygen atoms in total. The van der Waals surface area contributed by atoms with E-state index in [9.17, 15) is 19.7 Å². The Kier molecular flexibility index (Phi) is 7.37. The molecular formula is C23H18ClN3O6. The first-order chi connectivity index (χ1) is 15.8. The maximum Gasteiger partial charge on any atom is 0.343 e. The molecule has 1 amide bonds. The Bertz CT molecular complexity index is 1240. The minimum Gasteiger partial charge on any atom is -0.493 e. The van der Waals surface area contributed by atoms with Crippen molar-refractivity contribution in [1.29, 1.82) is 0 Å². The van der Waals surface area contributed by atoms with E-state index in [1.54, 1.807) is 30.3 Å². The zero-order chi connectivity index (χ0) is 24.0. The highest BCUT2D eigenvalue weighted by molar-refractivity contribution is 6.33. The van der Waals surface area contributed by atoms with Gasteiger partial charge in [-0.25, -0.2) is 10.2 Å². The number of halogens is 1. The molecule has 0 aromatic heterocycles. The van der Waals surface area contributed by atoms with E-state index in [2.05, 4.69) is 10.5 Å². The van der Waals surface area contributed by atoms with Gasteiger partial charge in [-0.2, -0.15) is 5.10 Å². The Balaban J connectivity index is 1.68. The van der Waals surface area contributed by atoms with Crippen molar-refractivity contribution in [3.63, 3.8) is 0 Å². The smallest absolute Gasteiger partial charge is 0.343 e. The minimum atomic E-state index is -0.702. The zero-order valence-electron chi connectivity index (χ0n) is 17.6. The third kappa shape index (κ3) is 5.92. The quantitative estimate of drug-likeness (QED) is 0.179. The predicted molar refractivity (Wildman–Crippen MR) is 122 cm³/mol. The molecule has 0 unspecified atom stereocenters. The Morgan fingerprint density at radius 1 is 1.06 bits per heavy atom. The van der Waals surface area contributed by atoms with Crippen LogP contribution in [0.2, 0.25) is 5.02 Å². The lowest BCUT2D eigenvalue weighted by Gasteiger charge is -2.10. The highest BCUT2D eigenvalue weighted by Crippen LogP contribution is 2.28. The number of nitrogens with one attached hydrogen (secondary N) is 1. The van der Waals surface area contributed by atoms with E-state index >= 15 is 0 Å². The summed E-state index contributed by atoms with van der Waals surface area (Å²) in [5, 5.41) is 15.0. The SMILES string of the molecule is COc1cc(/C=N/NC(=O)c2ccc(C)cc2Cl)ccc1OC(=O)c1ccc([N+](=O)[O-])cc1. The number of ether oxygens (including phenoxy) is 2. The van der Waals surface area contributed by atoms with Gasteiger partial charge in [-0.15, -0.1) is 0 Å². The van der Waals surface area contributed by atoms with Gasteiger partial charge in [0.05, 0.1) is 34.4 Å². The molecule has 0 saturated carbocycles. The van der Waals surface area contributed by atoms with Crippen molar-refractivity contribution in [1.82, 2.24) is 5.43 Å². The number of non-ortho nitro benzene ring substituents is 1. The van der Waals surface area contributed by atoms with E-state index in [1.807, 2.05) is 6.92 Å². The van der Waals surface area contributed by atoms with Crippen LogP contribution >= 0.6 is 11.6 Å². The van der Waals surface area contributed by atoms with E-state index in [0.717, 1.165) is 5.56 Å². The summed E-state index contributed by atoms with van der Waals surface area (Å²) in [6.45, 7) is 1.87. The Morgan fingerprint density at radius 2 is 1.79 bits per heavy atom. The number of nitro benzene ring substituents is 1. The van der Waals surface area contributed by atoms with Gasteiger partial charge in [-0.3, -0.25) is 14.9 Å². The van der Waals surface area contributed by atoms with Gasteiger partial charge in [-0.1, -0.05) is 17.7 Å². The minimum absolute atomic E-state index is 0.135. The number of carbonyl (C=O) groups is 2. The van der Waals surface area contributed by atoms with Crippen LogP contribution in [-0.4, -0.2) is 30.1 Å². The fraction of sp³-hybridized carbons (Fsp3) is 0.0870. The standard InChI is InChI=1S/C23H18ClN3O6/c1-14-3-9-18(19(24)11-14)22(28)26-25-13-15-4-10-20(21(12-15)32-2)33-23(29)16-5-7-17(8-6-16)27(30)31/h3-13H,1-2H3,(H,26,28)/b25-13+. The first-order valence-electron chi connectivity index (χ1n) is 9.52. The number of amides is 1. The highest BCUT2D eigenvalue weighted by Gasteiger charge is 2.15. The number of rotatable bonds is 7. The third-order valence-corrected chi connectivity index (χ3v) is 4.77. The van der Waals surface area contributed by atoms with Gasteiger partial charge in [0.25, 0.3) is 11.6 Å². The van der Waals surface area contributed by atoms with Crippen molar-refractivity contribution in [3.8, 4) is 11.5 Å². The van der Waals surface area contributed by atoms with E-state index < -0.39 is 16.8 Å². The molecular weight excluding hydrogens is 450 g/mol. The van der Waals surface area contributed by atoms with Gasteiger partial charge in [0.1, 0.15) is 0 Å². The predicted octanol–water partition coefficient (Wildman–Crippen LogP) is 4.55. The van der Waals surface area contributed by atoms with Gasteiger partial charge in [0.2, 0.25) is 0 Å². The molecule has 0 saturated heterocycles. The molecule has 0 aliphatic heterocycles. The van der Waals surface area contributed by atoms with Crippen molar-refractivity contribution >= 4 is 35.4 Å². The summed E-state index contributed by atoms with van der Waals surface area (Å²) in [5.74, 6) is -0.765. The van der Waals surface area contributed by atoms with Crippen LogP contribution in [0.1, 0.15) is 31.8 Å². The number of nitrogens with zero attached hydrogens (tertiary/aromatic N) is 2. The van der Waals surface area contributed by atoms with Crippen LogP contribution in [0.25, 0.3) is 0 Å². The molecule has 3 rings (SSSR count). The zero-order valence-corrected chi connectivity index (χ0v) is 18.3. The van der Waals surface area contributed by atoms with Gasteiger partial charge in [0, 0.05) is 12.1 Å². The van der Waals surface area contributed by atoms with Crippen LogP contribution < -0.4 is 14.9 Å². The average molecular weight is 468 g/mol. The van der Waals surface area contributed by atoms with Crippen molar-refractivity contribution in [2.75, 3.05) is 7.11 Å². The fourth-order valence-electron chi connectivity index (χ4n) is 2.76. The molecule has 0 radical (unpaired) electrons. The molecule has 0 atom stereocenters. The number of benzene rings is 3. The van der Waals surface area contributed by atoms with Crippen molar-refractivity contribution in [3.05, 3.63) is 98.1 Å². The summed E-state index contributed by atoms with van der Waals surface area (Å²) < 4.78 is 10.6. The molecule has 0 fully saturated rings. The van der Waals surface area contributed by atoms with Crippen LogP contribution in [-0.2, 0) is 0 Å². The number of aryl methyl sites for hydroxylation is 1. The second-order valence-electron chi connectivity index (χ2n) is 6.79. The average Bonchev–Trinajstić information content (AvgIpc) is 2.79. The maximum atomic E-state index is 12.3. The van der Waals surface area contributed by atoms with Gasteiger partial charge in [-0.05, 0) is 60.5 Å². The molecule has 0 bridgehead atoms. The van der Waals surface area contributed by atoms with E-state index in [0.29, 0.717) is 16.1 Å². The number of hydrazone groups is 1. The number of hydrogen-bond acceptors (Lipinski definition) is 7. The first kappa shape index (κ1) is 23.4. The number of carbonyl (C=O) groups excluding carboxylic acids is 2. The Morgan fingerprint density at radius 3 is 2.42 bits per heavy atom. The molecule has 0 heterocycles. The lowest BCUT2D eigenvalue weighted by molar-refractivity contribution is -0.384. The van der Waals surface area contributed by atoms with Crippen molar-refractivity contribution in [2.45, 2.75) is 6.92 Å². The summed E-state index contributed by atoms with van der Waals surface area (Å²) in [4.78, 5) is 34.8. The van der Waals surface area contributed by atoms with Crippen molar-refractivity contribution < 1.29 is 24.0 Å². The summed E-state index contributed by atoms with van der Waals surface area (Å²) in [6, 6.07) is 14.8. The molecule has 0 spiro atoms. The molecule has 10 heteroatoms. The third-order valence-electron chi connectivity index (χ3n) is 4.45. The molecule has 1 N–H and O–H groups in total. The molecule has 0 aliphatic rings. The molecule has 0 aliphatic carbocycles. The van der Waals surface area contributed by atoms with E-state index in [4.69, 9.17) is 21.1 Å². The fourth-order valence-corrected chi connectivity index (χ4v) is 3.08. The van der Waals surface area contributed by atoms with Crippen LogP contribution in [0.3, 0.4) is 0 Å². The van der Waals surface area contributed by atoms with Crippen molar-refractivity contribution in [2.24, 2.45) is 5.10 Å². The van der Waals surface area contributed by atoms with Gasteiger partial charge < -0.3 is 9.47 Å². The van der Waals surface area contributed by atoms with Crippen LogP contribution in [0.15, 0.2) is 65.8 Å². The second kappa shape index (κ2) is 10.4. The Hall–Kier alpha value is -4.24. The van der Waals surface area contributed by atoms with Gasteiger partial charge >= 0.3 is 5.97 Å². The number of hydrogen-bond donors (Lipinski definition) is 1. The molecule has 168 valence electrons. The highest BCUT2D eigenvalue weighted by atomic mass is 35.5. The second-order valence-corrected chi connectivity index (χ2v) is 7.19. The summed E-state index contributed by atoms with van der Waals surface area (Å²) in [5.41, 5.74) is 4.20. The summed E-state index contributed by atoms with van der Waals surface area (Å²) in [7, 11) is 1.40. The van der Waals surface area contributed by atoms with Crippen LogP contribution in [0.5, 0.6) is 11.5 Å². The molecule has 3 aromatic rings. The number of esters is 1. The Labute approximate surface area is 193 Å². The largest absolute Gasteiger partial charge is 0.493 e. The summed E-state index contributed by atoms with van der Waals surface area (Å²) in [6.07, 6.45) is 1.39. The van der Waals surface area contributed by atoms with Crippen LogP contribution in [0.4, 0.5) is 5.69 Å². The van der Waals surface area contributed by atoms with Crippen LogP contribution in [0, 0.1) is 17.0 Å². The normalized spacial score (nSPS) is 10.6. The van der Waals surface area contributed by atoms with E-state index in [1.165, 1.54) is 43.7 Å². The molecule has 33 heavy (non-hydrogen) atoms. The lowest BCUT2D eigenvalue weighted by Crippen LogP contribution is -2.18. The monoisotopic (exact) mass is 467 g/mol. The topological polar surface area (TPSA) is 120 Å². The number of nitro groups is 1. The molecule has 3 aromatic carbocycles. The summed E-state index contributed by atoms with van der Waals surface area (Å²) >= 11 is 6.08. The van der Waals surface area contributed by atoms with Gasteiger partial charge in [0.15, 0.2) is 11.5 Å². The first-order valence-corrected chi connectivity index (χ1v) is 9.90. The lowest BCUT2D eigenvalue weighted by atomic mass is 10.1. The van der Waals surface area contributed by atoms with E-state index in [-0.39, 0.29) is 22.7 Å². The number of methoxy groups -OCH3 is 1.